The Morgan fingerprint density at radius 3 is 3.12 bits per heavy atom. The van der Waals surface area contributed by atoms with E-state index in [0.29, 0.717) is 5.95 Å². The highest BCUT2D eigenvalue weighted by Gasteiger charge is 2.28. The maximum absolute atomic E-state index is 13.0. The van der Waals surface area contributed by atoms with Crippen LogP contribution in [-0.4, -0.2) is 28.6 Å². The molecule has 90 valence electrons. The minimum atomic E-state index is -0.249. The summed E-state index contributed by atoms with van der Waals surface area (Å²) >= 11 is 0. The van der Waals surface area contributed by atoms with Crippen LogP contribution in [0.15, 0.2) is 18.2 Å². The molecule has 1 atom stereocenters. The average Bonchev–Trinajstić information content (AvgIpc) is 2.84. The van der Waals surface area contributed by atoms with Crippen molar-refractivity contribution in [2.24, 2.45) is 0 Å². The maximum atomic E-state index is 13.0. The van der Waals surface area contributed by atoms with E-state index in [4.69, 9.17) is 0 Å². The van der Waals surface area contributed by atoms with Crippen LogP contribution in [0.25, 0.3) is 11.0 Å². The van der Waals surface area contributed by atoms with Crippen LogP contribution in [0.4, 0.5) is 10.3 Å². The van der Waals surface area contributed by atoms with Gasteiger partial charge in [0.2, 0.25) is 5.95 Å². The SMILES string of the molecule is CC1(Nc2nc3ccc(F)cc3[nH]2)CCNC1. The molecule has 1 fully saturated rings. The Bertz CT molecular complexity index is 542. The lowest BCUT2D eigenvalue weighted by Gasteiger charge is -2.23. The first kappa shape index (κ1) is 10.5. The van der Waals surface area contributed by atoms with Crippen LogP contribution in [0.1, 0.15) is 13.3 Å². The number of hydrogen-bond acceptors (Lipinski definition) is 3. The summed E-state index contributed by atoms with van der Waals surface area (Å²) in [6, 6.07) is 4.57. The molecule has 2 heterocycles. The fourth-order valence-corrected chi connectivity index (χ4v) is 2.25. The highest BCUT2D eigenvalue weighted by atomic mass is 19.1. The Morgan fingerprint density at radius 1 is 1.47 bits per heavy atom. The van der Waals surface area contributed by atoms with Gasteiger partial charge < -0.3 is 15.6 Å². The molecule has 1 aliphatic rings. The number of rotatable bonds is 2. The molecule has 1 aliphatic heterocycles. The summed E-state index contributed by atoms with van der Waals surface area (Å²) < 4.78 is 13.0. The minimum absolute atomic E-state index is 0.0203. The molecular formula is C12H15FN4. The smallest absolute Gasteiger partial charge is 0.201 e. The van der Waals surface area contributed by atoms with Crippen molar-refractivity contribution in [2.75, 3.05) is 18.4 Å². The van der Waals surface area contributed by atoms with E-state index in [9.17, 15) is 4.39 Å². The molecule has 0 amide bonds. The fraction of sp³-hybridized carbons (Fsp3) is 0.417. The monoisotopic (exact) mass is 234 g/mol. The van der Waals surface area contributed by atoms with Crippen molar-refractivity contribution in [2.45, 2.75) is 18.9 Å². The molecule has 1 aromatic heterocycles. The molecule has 3 rings (SSSR count). The third kappa shape index (κ3) is 1.98. The Kier molecular flexibility index (Phi) is 2.29. The third-order valence-corrected chi connectivity index (χ3v) is 3.23. The summed E-state index contributed by atoms with van der Waals surface area (Å²) in [5.41, 5.74) is 1.53. The molecule has 0 radical (unpaired) electrons. The highest BCUT2D eigenvalue weighted by molar-refractivity contribution is 5.77. The topological polar surface area (TPSA) is 52.7 Å². The average molecular weight is 234 g/mol. The van der Waals surface area contributed by atoms with E-state index >= 15 is 0 Å². The molecule has 2 aromatic rings. The van der Waals surface area contributed by atoms with Crippen LogP contribution in [0.3, 0.4) is 0 Å². The van der Waals surface area contributed by atoms with Gasteiger partial charge in [0.1, 0.15) is 5.82 Å². The van der Waals surface area contributed by atoms with Gasteiger partial charge in [0.05, 0.1) is 16.6 Å². The van der Waals surface area contributed by atoms with Gasteiger partial charge in [-0.3, -0.25) is 0 Å². The van der Waals surface area contributed by atoms with Crippen molar-refractivity contribution in [3.63, 3.8) is 0 Å². The second kappa shape index (κ2) is 3.70. The normalized spacial score (nSPS) is 24.4. The van der Waals surface area contributed by atoms with Crippen LogP contribution < -0.4 is 10.6 Å². The minimum Gasteiger partial charge on any atom is -0.349 e. The number of benzene rings is 1. The van der Waals surface area contributed by atoms with Gasteiger partial charge in [0, 0.05) is 6.54 Å². The zero-order valence-corrected chi connectivity index (χ0v) is 9.68. The zero-order valence-electron chi connectivity index (χ0n) is 9.68. The maximum Gasteiger partial charge on any atom is 0.201 e. The van der Waals surface area contributed by atoms with E-state index in [0.717, 1.165) is 30.5 Å². The van der Waals surface area contributed by atoms with Gasteiger partial charge in [0.25, 0.3) is 0 Å². The third-order valence-electron chi connectivity index (χ3n) is 3.23. The predicted molar refractivity (Wildman–Crippen MR) is 65.6 cm³/mol. The number of fused-ring (bicyclic) bond motifs is 1. The van der Waals surface area contributed by atoms with Gasteiger partial charge in [-0.05, 0) is 38.1 Å². The summed E-state index contributed by atoms with van der Waals surface area (Å²) in [5, 5.41) is 6.69. The lowest BCUT2D eigenvalue weighted by atomic mass is 10.0. The Balaban J connectivity index is 1.90. The fourth-order valence-electron chi connectivity index (χ4n) is 2.25. The van der Waals surface area contributed by atoms with Crippen molar-refractivity contribution in [3.8, 4) is 0 Å². The molecule has 1 saturated heterocycles. The molecule has 3 N–H and O–H groups in total. The Morgan fingerprint density at radius 2 is 2.35 bits per heavy atom. The largest absolute Gasteiger partial charge is 0.349 e. The van der Waals surface area contributed by atoms with Crippen molar-refractivity contribution in [1.82, 2.24) is 15.3 Å². The van der Waals surface area contributed by atoms with Crippen LogP contribution in [0, 0.1) is 5.82 Å². The lowest BCUT2D eigenvalue weighted by Crippen LogP contribution is -2.37. The number of nitrogens with one attached hydrogen (secondary N) is 3. The summed E-state index contributed by atoms with van der Waals surface area (Å²) in [6.07, 6.45) is 1.05. The highest BCUT2D eigenvalue weighted by Crippen LogP contribution is 2.21. The number of imidazole rings is 1. The second-order valence-corrected chi connectivity index (χ2v) is 4.86. The number of anilines is 1. The molecule has 0 bridgehead atoms. The Labute approximate surface area is 98.6 Å². The van der Waals surface area contributed by atoms with E-state index in [1.54, 1.807) is 6.07 Å². The first-order chi connectivity index (χ1) is 8.15. The predicted octanol–water partition coefficient (Wildman–Crippen LogP) is 1.87. The van der Waals surface area contributed by atoms with Gasteiger partial charge in [0.15, 0.2) is 0 Å². The lowest BCUT2D eigenvalue weighted by molar-refractivity contribution is 0.562. The van der Waals surface area contributed by atoms with Gasteiger partial charge in [-0.15, -0.1) is 0 Å². The summed E-state index contributed by atoms with van der Waals surface area (Å²) in [4.78, 5) is 7.50. The summed E-state index contributed by atoms with van der Waals surface area (Å²) in [7, 11) is 0. The second-order valence-electron chi connectivity index (χ2n) is 4.86. The number of H-pyrrole nitrogens is 1. The molecule has 0 spiro atoms. The van der Waals surface area contributed by atoms with Crippen LogP contribution in [0.5, 0.6) is 0 Å². The standard InChI is InChI=1S/C12H15FN4/c1-12(4-5-14-7-12)17-11-15-9-3-2-8(13)6-10(9)16-11/h2-3,6,14H,4-5,7H2,1H3,(H2,15,16,17). The van der Waals surface area contributed by atoms with Gasteiger partial charge >= 0.3 is 0 Å². The van der Waals surface area contributed by atoms with E-state index in [1.165, 1.54) is 12.1 Å². The van der Waals surface area contributed by atoms with Gasteiger partial charge in [-0.1, -0.05) is 0 Å². The number of hydrogen-bond donors (Lipinski definition) is 3. The van der Waals surface area contributed by atoms with Crippen molar-refractivity contribution in [3.05, 3.63) is 24.0 Å². The molecular weight excluding hydrogens is 219 g/mol. The Hall–Kier alpha value is -1.62. The van der Waals surface area contributed by atoms with Crippen LogP contribution in [-0.2, 0) is 0 Å². The number of aromatic amines is 1. The molecule has 4 nitrogen and oxygen atoms in total. The first-order valence-electron chi connectivity index (χ1n) is 5.79. The van der Waals surface area contributed by atoms with E-state index in [1.807, 2.05) is 0 Å². The van der Waals surface area contributed by atoms with E-state index in [2.05, 4.69) is 27.5 Å². The number of halogens is 1. The van der Waals surface area contributed by atoms with E-state index in [-0.39, 0.29) is 11.4 Å². The number of nitrogens with zero attached hydrogens (tertiary/aromatic N) is 1. The van der Waals surface area contributed by atoms with Crippen molar-refractivity contribution >= 4 is 17.0 Å². The molecule has 17 heavy (non-hydrogen) atoms. The van der Waals surface area contributed by atoms with Crippen LogP contribution in [0.2, 0.25) is 0 Å². The quantitative estimate of drug-likeness (QED) is 0.743. The molecule has 5 heteroatoms. The van der Waals surface area contributed by atoms with Gasteiger partial charge in [-0.25, -0.2) is 9.37 Å². The molecule has 0 aliphatic carbocycles. The van der Waals surface area contributed by atoms with E-state index < -0.39 is 0 Å². The van der Waals surface area contributed by atoms with Crippen molar-refractivity contribution < 1.29 is 4.39 Å². The first-order valence-corrected chi connectivity index (χ1v) is 5.79. The molecule has 0 saturated carbocycles. The molecule has 1 aromatic carbocycles. The summed E-state index contributed by atoms with van der Waals surface area (Å²) in [5.74, 6) is 0.457. The molecule has 1 unspecified atom stereocenters. The summed E-state index contributed by atoms with van der Waals surface area (Å²) in [6.45, 7) is 4.08. The van der Waals surface area contributed by atoms with Crippen molar-refractivity contribution in [1.29, 1.82) is 0 Å². The van der Waals surface area contributed by atoms with Crippen LogP contribution >= 0.6 is 0 Å². The zero-order chi connectivity index (χ0) is 11.9. The number of aromatic nitrogens is 2. The van der Waals surface area contributed by atoms with Gasteiger partial charge in [-0.2, -0.15) is 0 Å².